The lowest BCUT2D eigenvalue weighted by atomic mass is 9.84. The van der Waals surface area contributed by atoms with Gasteiger partial charge in [0.05, 0.1) is 19.1 Å². The van der Waals surface area contributed by atoms with Gasteiger partial charge >= 0.3 is 0 Å². The van der Waals surface area contributed by atoms with E-state index >= 15 is 0 Å². The number of nitrogens with one attached hydrogen (secondary N) is 3. The van der Waals surface area contributed by atoms with Crippen molar-refractivity contribution in [2.45, 2.75) is 59.9 Å². The zero-order valence-corrected chi connectivity index (χ0v) is 22.6. The average Bonchev–Trinajstić information content (AvgIpc) is 2.79. The van der Waals surface area contributed by atoms with Crippen LogP contribution in [0.15, 0.2) is 96.2 Å². The van der Waals surface area contributed by atoms with Gasteiger partial charge in [0, 0.05) is 36.4 Å². The molecule has 4 nitrogen and oxygen atoms in total. The second kappa shape index (κ2) is 14.4. The van der Waals surface area contributed by atoms with Crippen LogP contribution in [0.5, 0.6) is 0 Å². The van der Waals surface area contributed by atoms with Gasteiger partial charge in [0.15, 0.2) is 0 Å². The number of likely N-dealkylation sites (N-methyl/N-ethyl adjacent to an activating group) is 1. The number of hydrogen-bond acceptors (Lipinski definition) is 4. The van der Waals surface area contributed by atoms with E-state index in [9.17, 15) is 0 Å². The maximum absolute atomic E-state index is 4.39. The summed E-state index contributed by atoms with van der Waals surface area (Å²) >= 11 is 0. The third kappa shape index (κ3) is 9.54. The van der Waals surface area contributed by atoms with E-state index in [0.717, 1.165) is 54.2 Å². The first-order valence-corrected chi connectivity index (χ1v) is 12.3. The van der Waals surface area contributed by atoms with Gasteiger partial charge in [0.2, 0.25) is 0 Å². The minimum Gasteiger partial charge on any atom is -0.383 e. The standard InChI is InChI=1S/C30H48N4/c1-12-23(6)31-18-24(7)33-30(27(10)32-19-25(8)34(11)20-21(3)4)17-28(13-2)29-16-14-15-22(5)26(29)9/h13-14,16,22,30-33H,3,6-8,10,12,15,17-20H2,1-2,4-5,9,11H3/b28-13-. The van der Waals surface area contributed by atoms with Crippen molar-refractivity contribution in [3.8, 4) is 0 Å². The van der Waals surface area contributed by atoms with Gasteiger partial charge in [-0.2, -0.15) is 0 Å². The lowest BCUT2D eigenvalue weighted by molar-refractivity contribution is 0.437. The van der Waals surface area contributed by atoms with Crippen molar-refractivity contribution < 1.29 is 0 Å². The highest BCUT2D eigenvalue weighted by atomic mass is 15.1. The van der Waals surface area contributed by atoms with E-state index in [4.69, 9.17) is 0 Å². The zero-order valence-electron chi connectivity index (χ0n) is 22.6. The van der Waals surface area contributed by atoms with Gasteiger partial charge in [-0.15, -0.1) is 0 Å². The molecule has 34 heavy (non-hydrogen) atoms. The lowest BCUT2D eigenvalue weighted by Crippen LogP contribution is -2.39. The normalized spacial score (nSPS) is 16.5. The third-order valence-electron chi connectivity index (χ3n) is 6.40. The van der Waals surface area contributed by atoms with Crippen LogP contribution in [-0.4, -0.2) is 37.6 Å². The summed E-state index contributed by atoms with van der Waals surface area (Å²) in [6.07, 6.45) is 9.59. The van der Waals surface area contributed by atoms with Crippen LogP contribution >= 0.6 is 0 Å². The molecule has 0 bridgehead atoms. The molecule has 0 aromatic heterocycles. The highest BCUT2D eigenvalue weighted by Gasteiger charge is 2.20. The van der Waals surface area contributed by atoms with Crippen molar-refractivity contribution in [2.24, 2.45) is 5.92 Å². The van der Waals surface area contributed by atoms with Crippen molar-refractivity contribution in [1.29, 1.82) is 0 Å². The molecule has 4 heteroatoms. The maximum Gasteiger partial charge on any atom is 0.0691 e. The van der Waals surface area contributed by atoms with E-state index in [0.29, 0.717) is 19.0 Å². The monoisotopic (exact) mass is 464 g/mol. The summed E-state index contributed by atoms with van der Waals surface area (Å²) < 4.78 is 0. The van der Waals surface area contributed by atoms with Crippen molar-refractivity contribution in [1.82, 2.24) is 20.9 Å². The average molecular weight is 465 g/mol. The Hall–Kier alpha value is -2.88. The van der Waals surface area contributed by atoms with Crippen molar-refractivity contribution >= 4 is 0 Å². The summed E-state index contributed by atoms with van der Waals surface area (Å²) in [5.74, 6) is 0.564. The number of rotatable bonds is 16. The van der Waals surface area contributed by atoms with Gasteiger partial charge in [-0.3, -0.25) is 0 Å². The summed E-state index contributed by atoms with van der Waals surface area (Å²) in [6.45, 7) is 33.7. The van der Waals surface area contributed by atoms with Crippen LogP contribution in [0.3, 0.4) is 0 Å². The molecule has 2 unspecified atom stereocenters. The van der Waals surface area contributed by atoms with Crippen molar-refractivity contribution in [3.05, 3.63) is 96.2 Å². The fourth-order valence-corrected chi connectivity index (χ4v) is 3.83. The SMILES string of the molecule is C=C(C)CN(C)C(=C)CNC(=C)C(C/C(=C/C)C1=C(C)C(C)CC=C1)NC(=C)CNC(=C)CC. The second-order valence-electron chi connectivity index (χ2n) is 9.52. The van der Waals surface area contributed by atoms with Crippen LogP contribution in [0.2, 0.25) is 0 Å². The molecular formula is C30H48N4. The summed E-state index contributed by atoms with van der Waals surface area (Å²) in [5.41, 5.74) is 9.05. The lowest BCUT2D eigenvalue weighted by Gasteiger charge is -2.29. The fourth-order valence-electron chi connectivity index (χ4n) is 3.83. The summed E-state index contributed by atoms with van der Waals surface area (Å²) in [5, 5.41) is 10.4. The molecule has 1 aliphatic rings. The van der Waals surface area contributed by atoms with Gasteiger partial charge in [0.25, 0.3) is 0 Å². The molecule has 0 aromatic rings. The molecule has 0 radical (unpaired) electrons. The van der Waals surface area contributed by atoms with E-state index in [2.05, 4.69) is 99.7 Å². The van der Waals surface area contributed by atoms with Crippen LogP contribution in [0, 0.1) is 5.92 Å². The summed E-state index contributed by atoms with van der Waals surface area (Å²) in [6, 6.07) is -0.0134. The Morgan fingerprint density at radius 1 is 1.15 bits per heavy atom. The molecule has 0 saturated heterocycles. The molecule has 3 N–H and O–H groups in total. The van der Waals surface area contributed by atoms with Crippen LogP contribution in [-0.2, 0) is 0 Å². The number of allylic oxidation sites excluding steroid dienone is 6. The zero-order chi connectivity index (χ0) is 25.8. The molecule has 0 heterocycles. The van der Waals surface area contributed by atoms with E-state index in [-0.39, 0.29) is 6.04 Å². The Kier molecular flexibility index (Phi) is 12.3. The van der Waals surface area contributed by atoms with Crippen LogP contribution in [0.4, 0.5) is 0 Å². The Bertz CT molecular complexity index is 868. The minimum absolute atomic E-state index is 0.0134. The number of hydrogen-bond donors (Lipinski definition) is 3. The van der Waals surface area contributed by atoms with Crippen LogP contribution in [0.25, 0.3) is 0 Å². The first-order valence-electron chi connectivity index (χ1n) is 12.3. The Morgan fingerprint density at radius 3 is 2.41 bits per heavy atom. The number of nitrogens with zero attached hydrogens (tertiary/aromatic N) is 1. The molecule has 0 saturated carbocycles. The second-order valence-corrected chi connectivity index (χ2v) is 9.52. The molecular weight excluding hydrogens is 416 g/mol. The van der Waals surface area contributed by atoms with Crippen molar-refractivity contribution in [2.75, 3.05) is 26.7 Å². The molecule has 0 fully saturated rings. The largest absolute Gasteiger partial charge is 0.383 e. The molecule has 0 aromatic carbocycles. The maximum atomic E-state index is 4.39. The Labute approximate surface area is 209 Å². The molecule has 1 rings (SSSR count). The van der Waals surface area contributed by atoms with E-state index in [1.807, 2.05) is 14.0 Å². The highest BCUT2D eigenvalue weighted by molar-refractivity contribution is 5.46. The van der Waals surface area contributed by atoms with Crippen LogP contribution in [0.1, 0.15) is 53.9 Å². The fraction of sp³-hybridized carbons (Fsp3) is 0.467. The van der Waals surface area contributed by atoms with Gasteiger partial charge in [-0.1, -0.05) is 76.1 Å². The summed E-state index contributed by atoms with van der Waals surface area (Å²) in [4.78, 5) is 2.12. The predicted molar refractivity (Wildman–Crippen MR) is 151 cm³/mol. The van der Waals surface area contributed by atoms with Crippen LogP contribution < -0.4 is 16.0 Å². The molecule has 1 aliphatic carbocycles. The molecule has 188 valence electrons. The molecule has 0 amide bonds. The van der Waals surface area contributed by atoms with E-state index < -0.39 is 0 Å². The highest BCUT2D eigenvalue weighted by Crippen LogP contribution is 2.31. The van der Waals surface area contributed by atoms with E-state index in [1.54, 1.807) is 0 Å². The first kappa shape index (κ1) is 29.2. The first-order chi connectivity index (χ1) is 16.0. The Morgan fingerprint density at radius 2 is 1.82 bits per heavy atom. The molecule has 0 aliphatic heterocycles. The molecule has 0 spiro atoms. The van der Waals surface area contributed by atoms with Crippen molar-refractivity contribution in [3.63, 3.8) is 0 Å². The van der Waals surface area contributed by atoms with Gasteiger partial charge in [0.1, 0.15) is 0 Å². The van der Waals surface area contributed by atoms with Gasteiger partial charge in [-0.05, 0) is 57.1 Å². The van der Waals surface area contributed by atoms with E-state index in [1.165, 1.54) is 16.7 Å². The predicted octanol–water partition coefficient (Wildman–Crippen LogP) is 6.35. The topological polar surface area (TPSA) is 39.3 Å². The van der Waals surface area contributed by atoms with Gasteiger partial charge < -0.3 is 20.9 Å². The third-order valence-corrected chi connectivity index (χ3v) is 6.40. The quantitative estimate of drug-likeness (QED) is 0.233. The smallest absolute Gasteiger partial charge is 0.0691 e. The molecule has 2 atom stereocenters. The van der Waals surface area contributed by atoms with Gasteiger partial charge in [-0.25, -0.2) is 0 Å². The Balaban J connectivity index is 2.99. The summed E-state index contributed by atoms with van der Waals surface area (Å²) in [7, 11) is 2.04. The minimum atomic E-state index is -0.0134.